The lowest BCUT2D eigenvalue weighted by Crippen LogP contribution is -2.63. The van der Waals surface area contributed by atoms with Crippen molar-refractivity contribution in [3.63, 3.8) is 0 Å². The number of rotatable bonds is 11. The Morgan fingerprint density at radius 3 is 2.64 bits per heavy atom. The molecule has 3 aliphatic rings. The zero-order valence-electron chi connectivity index (χ0n) is 20.5. The second kappa shape index (κ2) is 12.5. The van der Waals surface area contributed by atoms with Crippen LogP contribution < -0.4 is 39.3 Å². The molecule has 0 aromatic heterocycles. The van der Waals surface area contributed by atoms with Crippen LogP contribution in [-0.2, 0) is 14.3 Å². The first kappa shape index (κ1) is 28.5. The van der Waals surface area contributed by atoms with Crippen molar-refractivity contribution in [1.82, 2.24) is 10.6 Å². The van der Waals surface area contributed by atoms with Gasteiger partial charge < -0.3 is 64.1 Å². The Hall–Kier alpha value is -2.04. The van der Waals surface area contributed by atoms with Gasteiger partial charge in [0, 0.05) is 31.5 Å². The average Bonchev–Trinajstić information content (AvgIpc) is 2.79. The molecule has 2 aliphatic carbocycles. The Kier molecular flexibility index (Phi) is 9.88. The summed E-state index contributed by atoms with van der Waals surface area (Å²) in [5.41, 5.74) is 26.7. The van der Waals surface area contributed by atoms with Gasteiger partial charge in [0.1, 0.15) is 17.5 Å². The Morgan fingerprint density at radius 1 is 1.31 bits per heavy atom. The number of ether oxygens (including phenoxy) is 2. The molecule has 14 nitrogen and oxygen atoms in total. The van der Waals surface area contributed by atoms with E-state index in [4.69, 9.17) is 38.1 Å². The summed E-state index contributed by atoms with van der Waals surface area (Å²) < 4.78 is 12.0. The van der Waals surface area contributed by atoms with Crippen LogP contribution in [0.1, 0.15) is 38.5 Å². The highest BCUT2D eigenvalue weighted by Gasteiger charge is 2.50. The van der Waals surface area contributed by atoms with Crippen LogP contribution in [0.2, 0.25) is 0 Å². The predicted molar refractivity (Wildman–Crippen MR) is 132 cm³/mol. The quantitative estimate of drug-likeness (QED) is 0.0928. The van der Waals surface area contributed by atoms with Crippen LogP contribution in [0.3, 0.4) is 0 Å². The predicted octanol–water partition coefficient (Wildman–Crippen LogP) is -4.24. The lowest BCUT2D eigenvalue weighted by Gasteiger charge is -2.44. The van der Waals surface area contributed by atoms with E-state index in [2.05, 4.69) is 15.6 Å². The number of carbonyl (C=O) groups is 1. The first-order valence-electron chi connectivity index (χ1n) is 12.4. The van der Waals surface area contributed by atoms with Gasteiger partial charge in [0.05, 0.1) is 30.8 Å². The standard InChI is InChI=1S/C22H42N8O6/c23-4-3-13(31)10-28-16-2-1-14(9-24)35-19(16)36-18-15(25)5-11(6-17(18)32)29-20(33)22(34)7-12(8-22)30-21(26)27/h1,11-13,15-19,28,31-32,34H,2-10,23-25H2,(H,29,33)(H4,26,27,30)/t11-,12?,13?,15+,16-,17-,18?,19-,22?/m1/s1. The molecule has 1 amide bonds. The van der Waals surface area contributed by atoms with Gasteiger partial charge in [-0.05, 0) is 38.3 Å². The summed E-state index contributed by atoms with van der Waals surface area (Å²) in [7, 11) is 0. The maximum atomic E-state index is 12.6. The number of nitrogens with two attached hydrogens (primary N) is 5. The molecule has 0 aromatic rings. The molecule has 0 spiro atoms. The number of carbonyl (C=O) groups excluding carboxylic acids is 1. The Bertz CT molecular complexity index is 791. The number of hydrogen-bond donors (Lipinski definition) is 10. The number of aliphatic imine (C=N–C) groups is 1. The molecule has 36 heavy (non-hydrogen) atoms. The van der Waals surface area contributed by atoms with Crippen molar-refractivity contribution in [3.8, 4) is 0 Å². The third-order valence-electron chi connectivity index (χ3n) is 6.92. The summed E-state index contributed by atoms with van der Waals surface area (Å²) in [6.07, 6.45) is 0.516. The number of nitrogens with zero attached hydrogens (tertiary/aromatic N) is 1. The van der Waals surface area contributed by atoms with Gasteiger partial charge in [-0.1, -0.05) is 0 Å². The van der Waals surface area contributed by atoms with Gasteiger partial charge in [-0.15, -0.1) is 0 Å². The first-order valence-corrected chi connectivity index (χ1v) is 12.4. The summed E-state index contributed by atoms with van der Waals surface area (Å²) in [6, 6.07) is -1.65. The molecule has 7 atom stereocenters. The summed E-state index contributed by atoms with van der Waals surface area (Å²) in [6.45, 7) is 0.871. The molecule has 1 heterocycles. The number of hydrogen-bond acceptors (Lipinski definition) is 11. The molecule has 2 saturated carbocycles. The molecule has 0 bridgehead atoms. The second-order valence-corrected chi connectivity index (χ2v) is 9.96. The molecule has 206 valence electrons. The zero-order valence-corrected chi connectivity index (χ0v) is 20.5. The fourth-order valence-electron chi connectivity index (χ4n) is 4.93. The van der Waals surface area contributed by atoms with E-state index in [-0.39, 0.29) is 43.9 Å². The summed E-state index contributed by atoms with van der Waals surface area (Å²) in [4.78, 5) is 16.6. The van der Waals surface area contributed by atoms with Gasteiger partial charge in [0.2, 0.25) is 6.29 Å². The smallest absolute Gasteiger partial charge is 0.252 e. The van der Waals surface area contributed by atoms with Crippen molar-refractivity contribution >= 4 is 11.9 Å². The van der Waals surface area contributed by atoms with Gasteiger partial charge in [0.25, 0.3) is 5.91 Å². The first-order chi connectivity index (χ1) is 17.0. The zero-order chi connectivity index (χ0) is 26.5. The number of aliphatic hydroxyl groups excluding tert-OH is 2. The minimum atomic E-state index is -1.56. The molecule has 2 fully saturated rings. The van der Waals surface area contributed by atoms with Crippen LogP contribution in [-0.4, -0.2) is 101 Å². The highest BCUT2D eigenvalue weighted by atomic mass is 16.7. The molecular formula is C22H42N8O6. The van der Waals surface area contributed by atoms with Gasteiger partial charge in [-0.3, -0.25) is 9.79 Å². The topological polar surface area (TPSA) is 263 Å². The summed E-state index contributed by atoms with van der Waals surface area (Å²) in [5, 5.41) is 37.4. The average molecular weight is 515 g/mol. The normalized spacial score (nSPS) is 37.2. The van der Waals surface area contributed by atoms with E-state index in [1.807, 2.05) is 6.08 Å². The summed E-state index contributed by atoms with van der Waals surface area (Å²) in [5.74, 6) is -0.0608. The van der Waals surface area contributed by atoms with Crippen molar-refractivity contribution in [1.29, 1.82) is 0 Å². The van der Waals surface area contributed by atoms with Crippen LogP contribution in [0.4, 0.5) is 0 Å². The molecule has 2 unspecified atom stereocenters. The summed E-state index contributed by atoms with van der Waals surface area (Å²) >= 11 is 0. The maximum Gasteiger partial charge on any atom is 0.252 e. The van der Waals surface area contributed by atoms with E-state index in [9.17, 15) is 20.1 Å². The highest BCUT2D eigenvalue weighted by molar-refractivity contribution is 5.87. The highest BCUT2D eigenvalue weighted by Crippen LogP contribution is 2.35. The molecule has 3 rings (SSSR count). The third kappa shape index (κ3) is 7.26. The lowest BCUT2D eigenvalue weighted by molar-refractivity contribution is -0.206. The monoisotopic (exact) mass is 514 g/mol. The minimum Gasteiger partial charge on any atom is -0.467 e. The van der Waals surface area contributed by atoms with Crippen LogP contribution >= 0.6 is 0 Å². The van der Waals surface area contributed by atoms with E-state index in [0.717, 1.165) is 0 Å². The van der Waals surface area contributed by atoms with Crippen molar-refractivity contribution in [2.75, 3.05) is 19.6 Å². The second-order valence-electron chi connectivity index (χ2n) is 9.96. The van der Waals surface area contributed by atoms with E-state index in [0.29, 0.717) is 38.1 Å². The van der Waals surface area contributed by atoms with Crippen molar-refractivity contribution in [2.45, 2.75) is 92.9 Å². The molecule has 0 saturated heterocycles. The maximum absolute atomic E-state index is 12.6. The van der Waals surface area contributed by atoms with Crippen LogP contribution in [0.15, 0.2) is 16.8 Å². The molecular weight excluding hydrogens is 472 g/mol. The Labute approximate surface area is 210 Å². The van der Waals surface area contributed by atoms with E-state index >= 15 is 0 Å². The van der Waals surface area contributed by atoms with Gasteiger partial charge in [0.15, 0.2) is 5.96 Å². The fourth-order valence-corrected chi connectivity index (χ4v) is 4.93. The minimum absolute atomic E-state index is 0.0879. The number of guanidine groups is 1. The van der Waals surface area contributed by atoms with E-state index < -0.39 is 48.2 Å². The largest absolute Gasteiger partial charge is 0.467 e. The van der Waals surface area contributed by atoms with Crippen molar-refractivity contribution < 1.29 is 29.6 Å². The van der Waals surface area contributed by atoms with Gasteiger partial charge in [-0.25, -0.2) is 0 Å². The molecule has 15 N–H and O–H groups in total. The molecule has 14 heteroatoms. The Morgan fingerprint density at radius 2 is 2.03 bits per heavy atom. The third-order valence-corrected chi connectivity index (χ3v) is 6.92. The number of nitrogens with one attached hydrogen (secondary N) is 2. The molecule has 0 radical (unpaired) electrons. The molecule has 1 aliphatic heterocycles. The number of aliphatic hydroxyl groups is 3. The van der Waals surface area contributed by atoms with Crippen molar-refractivity contribution in [2.24, 2.45) is 33.7 Å². The van der Waals surface area contributed by atoms with Crippen molar-refractivity contribution in [3.05, 3.63) is 11.8 Å². The van der Waals surface area contributed by atoms with E-state index in [1.165, 1.54) is 0 Å². The van der Waals surface area contributed by atoms with Gasteiger partial charge in [-0.2, -0.15) is 0 Å². The Balaban J connectivity index is 1.55. The number of amides is 1. The van der Waals surface area contributed by atoms with Crippen LogP contribution in [0.5, 0.6) is 0 Å². The fraction of sp³-hybridized carbons (Fsp3) is 0.818. The SMILES string of the molecule is NCCC(O)CN[C@@H]1CC=C(CN)O[C@@H]1OC1[C@H](O)C[C@H](NC(=O)C2(O)CC(N=C(N)N)C2)C[C@@H]1N. The van der Waals surface area contributed by atoms with Crippen LogP contribution in [0, 0.1) is 0 Å². The lowest BCUT2D eigenvalue weighted by atomic mass is 9.75. The van der Waals surface area contributed by atoms with E-state index in [1.54, 1.807) is 0 Å². The van der Waals surface area contributed by atoms with Crippen LogP contribution in [0.25, 0.3) is 0 Å². The van der Waals surface area contributed by atoms with Gasteiger partial charge >= 0.3 is 0 Å². The molecule has 0 aromatic carbocycles.